The average Bonchev–Trinajstić information content (AvgIpc) is 2.29. The van der Waals surface area contributed by atoms with Gasteiger partial charge in [0.25, 0.3) is 0 Å². The van der Waals surface area contributed by atoms with Crippen LogP contribution in [-0.2, 0) is 0 Å². The van der Waals surface area contributed by atoms with Crippen molar-refractivity contribution in [1.82, 2.24) is 0 Å². The maximum absolute atomic E-state index is 5.83. The van der Waals surface area contributed by atoms with Gasteiger partial charge in [-0.3, -0.25) is 0 Å². The fourth-order valence-electron chi connectivity index (χ4n) is 3.01. The Bertz CT molecular complexity index is 429. The van der Waals surface area contributed by atoms with Crippen molar-refractivity contribution >= 4 is 21.6 Å². The van der Waals surface area contributed by atoms with Crippen molar-refractivity contribution in [3.63, 3.8) is 0 Å². The average molecular weight is 311 g/mol. The summed E-state index contributed by atoms with van der Waals surface area (Å²) in [6.45, 7) is 8.67. The van der Waals surface area contributed by atoms with Gasteiger partial charge in [-0.2, -0.15) is 0 Å². The second kappa shape index (κ2) is 5.22. The summed E-state index contributed by atoms with van der Waals surface area (Å²) in [4.78, 5) is 2.52. The number of anilines is 1. The van der Waals surface area contributed by atoms with E-state index in [1.165, 1.54) is 28.6 Å². The fraction of sp³-hybridized carbons (Fsp3) is 0.600. The van der Waals surface area contributed by atoms with E-state index in [1.807, 2.05) is 0 Å². The highest BCUT2D eigenvalue weighted by Crippen LogP contribution is 2.38. The Labute approximate surface area is 119 Å². The Morgan fingerprint density at radius 2 is 2.17 bits per heavy atom. The minimum atomic E-state index is 0.181. The lowest BCUT2D eigenvalue weighted by molar-refractivity contribution is 0.278. The molecule has 1 aromatic carbocycles. The summed E-state index contributed by atoms with van der Waals surface area (Å²) in [7, 11) is 0. The lowest BCUT2D eigenvalue weighted by Gasteiger charge is -2.47. The first kappa shape index (κ1) is 13.9. The number of hydrogen-bond acceptors (Lipinski definition) is 2. The van der Waals surface area contributed by atoms with Gasteiger partial charge < -0.3 is 10.6 Å². The first-order valence-electron chi connectivity index (χ1n) is 6.68. The largest absolute Gasteiger partial charge is 0.365 e. The summed E-state index contributed by atoms with van der Waals surface area (Å²) in [5, 5.41) is 0. The van der Waals surface area contributed by atoms with E-state index in [9.17, 15) is 0 Å². The number of rotatable bonds is 2. The summed E-state index contributed by atoms with van der Waals surface area (Å²) < 4.78 is 1.20. The molecule has 100 valence electrons. The molecule has 1 saturated heterocycles. The monoisotopic (exact) mass is 310 g/mol. The Hall–Kier alpha value is -0.540. The minimum Gasteiger partial charge on any atom is -0.365 e. The molecule has 0 radical (unpaired) electrons. The molecule has 2 rings (SSSR count). The number of benzene rings is 1. The van der Waals surface area contributed by atoms with Gasteiger partial charge in [-0.25, -0.2) is 0 Å². The van der Waals surface area contributed by atoms with E-state index < -0.39 is 0 Å². The normalized spacial score (nSPS) is 23.2. The lowest BCUT2D eigenvalue weighted by Crippen LogP contribution is -2.51. The molecule has 0 bridgehead atoms. The standard InChI is InChI=1S/C15H23BrN2/c1-11-4-5-14(13(16)8-11)18-7-6-12(10-17)9-15(18,2)3/h4-5,8,12H,6-7,9-10,17H2,1-3H3. The topological polar surface area (TPSA) is 29.3 Å². The van der Waals surface area contributed by atoms with Crippen LogP contribution in [0.2, 0.25) is 0 Å². The Balaban J connectivity index is 2.27. The van der Waals surface area contributed by atoms with Gasteiger partial charge in [-0.15, -0.1) is 0 Å². The predicted molar refractivity (Wildman–Crippen MR) is 82.1 cm³/mol. The number of nitrogens with two attached hydrogens (primary N) is 1. The van der Waals surface area contributed by atoms with Gasteiger partial charge in [0.1, 0.15) is 0 Å². The first-order valence-corrected chi connectivity index (χ1v) is 7.47. The third-order valence-corrected chi connectivity index (χ3v) is 4.64. The quantitative estimate of drug-likeness (QED) is 0.902. The molecule has 1 heterocycles. The molecule has 1 aliphatic heterocycles. The van der Waals surface area contributed by atoms with Gasteiger partial charge in [-0.1, -0.05) is 6.07 Å². The molecular formula is C15H23BrN2. The summed E-state index contributed by atoms with van der Waals surface area (Å²) in [6, 6.07) is 6.61. The second-order valence-corrected chi connectivity index (χ2v) is 6.87. The molecule has 2 N–H and O–H groups in total. The summed E-state index contributed by atoms with van der Waals surface area (Å²) >= 11 is 3.70. The van der Waals surface area contributed by atoms with E-state index in [4.69, 9.17) is 5.73 Å². The zero-order valence-electron chi connectivity index (χ0n) is 11.5. The third-order valence-electron chi connectivity index (χ3n) is 4.01. The van der Waals surface area contributed by atoms with Crippen LogP contribution in [0.3, 0.4) is 0 Å². The Morgan fingerprint density at radius 3 is 2.72 bits per heavy atom. The zero-order valence-corrected chi connectivity index (χ0v) is 13.1. The lowest BCUT2D eigenvalue weighted by atomic mass is 9.82. The van der Waals surface area contributed by atoms with Crippen molar-refractivity contribution in [2.24, 2.45) is 11.7 Å². The van der Waals surface area contributed by atoms with Gasteiger partial charge in [0, 0.05) is 16.6 Å². The van der Waals surface area contributed by atoms with E-state index in [1.54, 1.807) is 0 Å². The van der Waals surface area contributed by atoms with Crippen LogP contribution in [0.1, 0.15) is 32.3 Å². The third kappa shape index (κ3) is 2.72. The maximum atomic E-state index is 5.83. The van der Waals surface area contributed by atoms with E-state index >= 15 is 0 Å². The van der Waals surface area contributed by atoms with Crippen LogP contribution in [-0.4, -0.2) is 18.6 Å². The molecule has 1 aliphatic rings. The van der Waals surface area contributed by atoms with Crippen molar-refractivity contribution < 1.29 is 0 Å². The summed E-state index contributed by atoms with van der Waals surface area (Å²) in [5.41, 5.74) is 8.61. The number of piperidine rings is 1. The maximum Gasteiger partial charge on any atom is 0.0515 e. The van der Waals surface area contributed by atoms with Crippen LogP contribution >= 0.6 is 15.9 Å². The SMILES string of the molecule is Cc1ccc(N2CCC(CN)CC2(C)C)c(Br)c1. The first-order chi connectivity index (χ1) is 8.44. The van der Waals surface area contributed by atoms with Crippen molar-refractivity contribution in [3.8, 4) is 0 Å². The number of nitrogens with zero attached hydrogens (tertiary/aromatic N) is 1. The van der Waals surface area contributed by atoms with Crippen LogP contribution in [0.15, 0.2) is 22.7 Å². The van der Waals surface area contributed by atoms with Crippen LogP contribution in [0.5, 0.6) is 0 Å². The molecule has 1 fully saturated rings. The molecule has 3 heteroatoms. The molecule has 0 aromatic heterocycles. The smallest absolute Gasteiger partial charge is 0.0515 e. The molecular weight excluding hydrogens is 288 g/mol. The van der Waals surface area contributed by atoms with Crippen molar-refractivity contribution in [1.29, 1.82) is 0 Å². The van der Waals surface area contributed by atoms with E-state index in [2.05, 4.69) is 59.8 Å². The summed E-state index contributed by atoms with van der Waals surface area (Å²) in [5.74, 6) is 0.667. The van der Waals surface area contributed by atoms with Crippen molar-refractivity contribution in [2.45, 2.75) is 39.2 Å². The summed E-state index contributed by atoms with van der Waals surface area (Å²) in [6.07, 6.45) is 2.37. The Kier molecular flexibility index (Phi) is 4.02. The van der Waals surface area contributed by atoms with Crippen LogP contribution in [0, 0.1) is 12.8 Å². The second-order valence-electron chi connectivity index (χ2n) is 6.01. The molecule has 18 heavy (non-hydrogen) atoms. The minimum absolute atomic E-state index is 0.181. The van der Waals surface area contributed by atoms with Gasteiger partial charge in [0.15, 0.2) is 0 Å². The van der Waals surface area contributed by atoms with Gasteiger partial charge in [0.2, 0.25) is 0 Å². The van der Waals surface area contributed by atoms with Gasteiger partial charge in [-0.05, 0) is 79.7 Å². The van der Waals surface area contributed by atoms with Gasteiger partial charge in [0.05, 0.1) is 5.69 Å². The number of halogens is 1. The number of hydrogen-bond donors (Lipinski definition) is 1. The van der Waals surface area contributed by atoms with Crippen LogP contribution < -0.4 is 10.6 Å². The van der Waals surface area contributed by atoms with Crippen molar-refractivity contribution in [3.05, 3.63) is 28.2 Å². The van der Waals surface area contributed by atoms with Crippen LogP contribution in [0.25, 0.3) is 0 Å². The van der Waals surface area contributed by atoms with Crippen LogP contribution in [0.4, 0.5) is 5.69 Å². The van der Waals surface area contributed by atoms with Crippen molar-refractivity contribution in [2.75, 3.05) is 18.0 Å². The number of aryl methyl sites for hydroxylation is 1. The van der Waals surface area contributed by atoms with E-state index in [-0.39, 0.29) is 5.54 Å². The molecule has 0 aliphatic carbocycles. The molecule has 0 spiro atoms. The molecule has 0 saturated carbocycles. The molecule has 1 atom stereocenters. The van der Waals surface area contributed by atoms with E-state index in [0.29, 0.717) is 5.92 Å². The predicted octanol–water partition coefficient (Wildman–Crippen LogP) is 3.71. The van der Waals surface area contributed by atoms with E-state index in [0.717, 1.165) is 13.1 Å². The highest BCUT2D eigenvalue weighted by Gasteiger charge is 2.34. The highest BCUT2D eigenvalue weighted by atomic mass is 79.9. The fourth-order valence-corrected chi connectivity index (χ4v) is 3.72. The van der Waals surface area contributed by atoms with Gasteiger partial charge >= 0.3 is 0 Å². The highest BCUT2D eigenvalue weighted by molar-refractivity contribution is 9.10. The zero-order chi connectivity index (χ0) is 13.3. The Morgan fingerprint density at radius 1 is 1.44 bits per heavy atom. The molecule has 1 aromatic rings. The molecule has 0 amide bonds. The molecule has 2 nitrogen and oxygen atoms in total. The molecule has 1 unspecified atom stereocenters.